The first-order chi connectivity index (χ1) is 11.0. The monoisotopic (exact) mass is 320 g/mol. The summed E-state index contributed by atoms with van der Waals surface area (Å²) in [5.41, 5.74) is 0.158. The molecule has 1 aliphatic heterocycles. The fourth-order valence-electron chi connectivity index (χ4n) is 6.51. The van der Waals surface area contributed by atoms with E-state index in [4.69, 9.17) is 9.47 Å². The lowest BCUT2D eigenvalue weighted by Gasteiger charge is -2.54. The molecule has 0 amide bonds. The summed E-state index contributed by atoms with van der Waals surface area (Å²) in [4.78, 5) is 23.0. The first-order valence-electron chi connectivity index (χ1n) is 9.36. The number of hydrogen-bond donors (Lipinski definition) is 0. The highest BCUT2D eigenvalue weighted by Crippen LogP contribution is 2.61. The van der Waals surface area contributed by atoms with Crippen LogP contribution in [0.1, 0.15) is 65.2 Å². The standard InChI is InChI=1S/C19H28O4/c1-11(20)22-17-7-5-15-13-3-6-16-14(4-8-18(21)23-16)12(13)9-10-19(15,17)2/h12-17H,3-10H2,1-2H3/t12?,13?,14?,15?,16?,17?,19-/m0/s1. The summed E-state index contributed by atoms with van der Waals surface area (Å²) >= 11 is 0. The molecular formula is C19H28O4. The Hall–Kier alpha value is -1.06. The van der Waals surface area contributed by atoms with Gasteiger partial charge in [-0.15, -0.1) is 0 Å². The molecule has 0 N–H and O–H groups in total. The van der Waals surface area contributed by atoms with Crippen LogP contribution in [0, 0.1) is 29.1 Å². The minimum Gasteiger partial charge on any atom is -0.462 e. The Morgan fingerprint density at radius 2 is 1.91 bits per heavy atom. The smallest absolute Gasteiger partial charge is 0.306 e. The molecule has 0 aromatic carbocycles. The third kappa shape index (κ3) is 2.40. The summed E-state index contributed by atoms with van der Waals surface area (Å²) in [7, 11) is 0. The minimum atomic E-state index is -0.137. The molecule has 4 nitrogen and oxygen atoms in total. The molecule has 23 heavy (non-hydrogen) atoms. The number of ether oxygens (including phenoxy) is 2. The van der Waals surface area contributed by atoms with Crippen LogP contribution in [-0.2, 0) is 19.1 Å². The highest BCUT2D eigenvalue weighted by atomic mass is 16.5. The second kappa shape index (κ2) is 5.49. The number of rotatable bonds is 1. The predicted octanol–water partition coefficient (Wildman–Crippen LogP) is 3.48. The summed E-state index contributed by atoms with van der Waals surface area (Å²) in [5, 5.41) is 0. The molecule has 4 heteroatoms. The molecule has 4 fully saturated rings. The van der Waals surface area contributed by atoms with E-state index in [1.807, 2.05) is 0 Å². The average molecular weight is 320 g/mol. The van der Waals surface area contributed by atoms with E-state index in [0.29, 0.717) is 24.2 Å². The van der Waals surface area contributed by atoms with Crippen molar-refractivity contribution in [3.8, 4) is 0 Å². The van der Waals surface area contributed by atoms with Crippen molar-refractivity contribution in [3.63, 3.8) is 0 Å². The normalized spacial score (nSPS) is 48.7. The molecule has 6 unspecified atom stereocenters. The third-order valence-electron chi connectivity index (χ3n) is 7.49. The van der Waals surface area contributed by atoms with Crippen molar-refractivity contribution >= 4 is 11.9 Å². The lowest BCUT2D eigenvalue weighted by Crippen LogP contribution is -2.52. The van der Waals surface area contributed by atoms with Crippen molar-refractivity contribution in [2.75, 3.05) is 0 Å². The van der Waals surface area contributed by atoms with E-state index < -0.39 is 0 Å². The SMILES string of the molecule is CC(=O)OC1CCC2C3CCC4OC(=O)CCC4C3CC[C@]12C. The van der Waals surface area contributed by atoms with Gasteiger partial charge in [-0.1, -0.05) is 6.92 Å². The molecule has 4 rings (SSSR count). The molecule has 0 bridgehead atoms. The van der Waals surface area contributed by atoms with Crippen LogP contribution in [0.15, 0.2) is 0 Å². The van der Waals surface area contributed by atoms with E-state index in [0.717, 1.165) is 31.6 Å². The van der Waals surface area contributed by atoms with E-state index in [-0.39, 0.29) is 29.6 Å². The molecule has 3 aliphatic carbocycles. The van der Waals surface area contributed by atoms with Gasteiger partial charge in [0.05, 0.1) is 0 Å². The molecule has 0 aromatic rings. The van der Waals surface area contributed by atoms with Crippen molar-refractivity contribution in [2.45, 2.75) is 77.4 Å². The van der Waals surface area contributed by atoms with Crippen LogP contribution >= 0.6 is 0 Å². The molecule has 1 saturated heterocycles. The van der Waals surface area contributed by atoms with E-state index in [2.05, 4.69) is 6.92 Å². The summed E-state index contributed by atoms with van der Waals surface area (Å²) in [6.45, 7) is 3.88. The van der Waals surface area contributed by atoms with Crippen LogP contribution in [-0.4, -0.2) is 24.1 Å². The van der Waals surface area contributed by atoms with Gasteiger partial charge in [-0.25, -0.2) is 0 Å². The maximum Gasteiger partial charge on any atom is 0.306 e. The van der Waals surface area contributed by atoms with E-state index in [1.165, 1.54) is 26.2 Å². The van der Waals surface area contributed by atoms with Crippen molar-refractivity contribution in [1.29, 1.82) is 0 Å². The maximum atomic E-state index is 11.6. The van der Waals surface area contributed by atoms with Crippen molar-refractivity contribution in [2.24, 2.45) is 29.1 Å². The van der Waals surface area contributed by atoms with Gasteiger partial charge in [0.15, 0.2) is 0 Å². The molecule has 0 aromatic heterocycles. The quantitative estimate of drug-likeness (QED) is 0.694. The Kier molecular flexibility index (Phi) is 3.69. The Morgan fingerprint density at radius 3 is 2.70 bits per heavy atom. The lowest BCUT2D eigenvalue weighted by molar-refractivity contribution is -0.174. The third-order valence-corrected chi connectivity index (χ3v) is 7.49. The van der Waals surface area contributed by atoms with Gasteiger partial charge < -0.3 is 9.47 Å². The maximum absolute atomic E-state index is 11.6. The first kappa shape index (κ1) is 15.5. The van der Waals surface area contributed by atoms with Gasteiger partial charge in [-0.3, -0.25) is 9.59 Å². The number of carbonyl (C=O) groups is 2. The number of fused-ring (bicyclic) bond motifs is 5. The summed E-state index contributed by atoms with van der Waals surface area (Å²) in [6, 6.07) is 0. The Balaban J connectivity index is 1.53. The molecule has 1 heterocycles. The van der Waals surface area contributed by atoms with Gasteiger partial charge in [0.2, 0.25) is 0 Å². The van der Waals surface area contributed by atoms with E-state index in [9.17, 15) is 9.59 Å². The molecule has 7 atom stereocenters. The lowest BCUT2D eigenvalue weighted by atomic mass is 9.53. The van der Waals surface area contributed by atoms with E-state index >= 15 is 0 Å². The zero-order valence-electron chi connectivity index (χ0n) is 14.3. The van der Waals surface area contributed by atoms with Gasteiger partial charge in [0.1, 0.15) is 12.2 Å². The van der Waals surface area contributed by atoms with Crippen molar-refractivity contribution in [1.82, 2.24) is 0 Å². The van der Waals surface area contributed by atoms with Crippen LogP contribution in [0.4, 0.5) is 0 Å². The molecule has 0 radical (unpaired) electrons. The second-order valence-corrected chi connectivity index (χ2v) is 8.46. The molecule has 0 spiro atoms. The zero-order chi connectivity index (χ0) is 16.2. The second-order valence-electron chi connectivity index (χ2n) is 8.46. The van der Waals surface area contributed by atoms with Gasteiger partial charge in [-0.05, 0) is 68.6 Å². The predicted molar refractivity (Wildman–Crippen MR) is 84.4 cm³/mol. The fourth-order valence-corrected chi connectivity index (χ4v) is 6.51. The van der Waals surface area contributed by atoms with Crippen molar-refractivity contribution in [3.05, 3.63) is 0 Å². The Labute approximate surface area is 138 Å². The van der Waals surface area contributed by atoms with Crippen LogP contribution in [0.5, 0.6) is 0 Å². The molecule has 128 valence electrons. The topological polar surface area (TPSA) is 52.6 Å². The van der Waals surface area contributed by atoms with Gasteiger partial charge in [0, 0.05) is 18.8 Å². The molecule has 3 saturated carbocycles. The highest BCUT2D eigenvalue weighted by molar-refractivity contribution is 5.70. The number of carbonyl (C=O) groups excluding carboxylic acids is 2. The highest BCUT2D eigenvalue weighted by Gasteiger charge is 2.58. The minimum absolute atomic E-state index is 0.00105. The summed E-state index contributed by atoms with van der Waals surface area (Å²) in [6.07, 6.45) is 8.65. The first-order valence-corrected chi connectivity index (χ1v) is 9.36. The summed E-state index contributed by atoms with van der Waals surface area (Å²) in [5.74, 6) is 2.54. The molecular weight excluding hydrogens is 292 g/mol. The summed E-state index contributed by atoms with van der Waals surface area (Å²) < 4.78 is 11.3. The van der Waals surface area contributed by atoms with Gasteiger partial charge in [-0.2, -0.15) is 0 Å². The van der Waals surface area contributed by atoms with Crippen LogP contribution < -0.4 is 0 Å². The van der Waals surface area contributed by atoms with Gasteiger partial charge >= 0.3 is 11.9 Å². The largest absolute Gasteiger partial charge is 0.462 e. The van der Waals surface area contributed by atoms with Crippen LogP contribution in [0.2, 0.25) is 0 Å². The Bertz CT molecular complexity index is 515. The molecule has 4 aliphatic rings. The van der Waals surface area contributed by atoms with Gasteiger partial charge in [0.25, 0.3) is 0 Å². The Morgan fingerprint density at radius 1 is 1.09 bits per heavy atom. The van der Waals surface area contributed by atoms with Crippen molar-refractivity contribution < 1.29 is 19.1 Å². The van der Waals surface area contributed by atoms with Crippen LogP contribution in [0.3, 0.4) is 0 Å². The van der Waals surface area contributed by atoms with E-state index in [1.54, 1.807) is 0 Å². The number of hydrogen-bond acceptors (Lipinski definition) is 4. The zero-order valence-corrected chi connectivity index (χ0v) is 14.3. The average Bonchev–Trinajstić information content (AvgIpc) is 2.83. The number of esters is 2. The fraction of sp³-hybridized carbons (Fsp3) is 0.895. The van der Waals surface area contributed by atoms with Crippen LogP contribution in [0.25, 0.3) is 0 Å².